The van der Waals surface area contributed by atoms with E-state index in [1.807, 2.05) is 59.5 Å². The lowest BCUT2D eigenvalue weighted by molar-refractivity contribution is -0.179. The van der Waals surface area contributed by atoms with Crippen LogP contribution in [0.25, 0.3) is 10.4 Å². The molecule has 0 radical (unpaired) electrons. The van der Waals surface area contributed by atoms with Crippen LogP contribution in [0.2, 0.25) is 0 Å². The van der Waals surface area contributed by atoms with E-state index in [9.17, 15) is 14.4 Å². The fourth-order valence-corrected chi connectivity index (χ4v) is 7.14. The molecule has 240 valence electrons. The highest BCUT2D eigenvalue weighted by Gasteiger charge is 2.38. The highest BCUT2D eigenvalue weighted by molar-refractivity contribution is 7.18. The van der Waals surface area contributed by atoms with Crippen molar-refractivity contribution in [3.8, 4) is 10.4 Å². The number of hydrogen-bond acceptors (Lipinski definition) is 7. The van der Waals surface area contributed by atoms with Crippen molar-refractivity contribution < 1.29 is 23.9 Å². The van der Waals surface area contributed by atoms with Gasteiger partial charge in [0.2, 0.25) is 5.91 Å². The molecular weight excluding hydrogens is 584 g/mol. The number of piperidine rings is 1. The van der Waals surface area contributed by atoms with E-state index in [1.165, 1.54) is 11.3 Å². The third-order valence-corrected chi connectivity index (χ3v) is 10.1. The van der Waals surface area contributed by atoms with Crippen LogP contribution in [0.4, 0.5) is 5.69 Å². The number of hydrogen-bond donors (Lipinski definition) is 0. The molecule has 0 spiro atoms. The van der Waals surface area contributed by atoms with E-state index < -0.39 is 23.6 Å². The van der Waals surface area contributed by atoms with Crippen LogP contribution in [0.15, 0.2) is 66.7 Å². The molecule has 0 N–H and O–H groups in total. The van der Waals surface area contributed by atoms with Crippen molar-refractivity contribution in [3.05, 3.63) is 77.2 Å². The smallest absolute Gasteiger partial charge is 0.353 e. The average Bonchev–Trinajstić information content (AvgIpc) is 3.47. The Kier molecular flexibility index (Phi) is 10.4. The Morgan fingerprint density at radius 2 is 1.47 bits per heavy atom. The SMILES string of the molecule is CC1CCC(C(=O)N(c2cc(-c3ccccc3)sc2C(=O)OC(OC(=O)C(C)(C)C)c2ccccc2)C2CCN(C)CC2)CC1. The Morgan fingerprint density at radius 3 is 2.07 bits per heavy atom. The molecular formula is C37H46N2O5S. The standard InChI is InChI=1S/C37H46N2O5S/c1-25-16-18-27(19-17-25)33(40)39(29-20-22-38(5)23-21-29)30-24-31(26-12-8-6-9-13-26)45-32(30)34(41)43-35(28-14-10-7-11-15-28)44-36(42)37(2,3)4/h6-15,24-25,27,29,35H,16-23H2,1-5H3. The lowest BCUT2D eigenvalue weighted by Crippen LogP contribution is -2.49. The minimum Gasteiger partial charge on any atom is -0.420 e. The molecule has 1 aliphatic carbocycles. The second-order valence-corrected chi connectivity index (χ2v) is 14.7. The molecule has 1 saturated carbocycles. The maximum absolute atomic E-state index is 14.5. The summed E-state index contributed by atoms with van der Waals surface area (Å²) in [6.07, 6.45) is 4.20. The number of thiophene rings is 1. The fourth-order valence-electron chi connectivity index (χ4n) is 6.10. The molecule has 2 aromatic carbocycles. The summed E-state index contributed by atoms with van der Waals surface area (Å²) in [5, 5.41) is 0. The summed E-state index contributed by atoms with van der Waals surface area (Å²) >= 11 is 1.32. The minimum absolute atomic E-state index is 0.0264. The number of nitrogens with zero attached hydrogens (tertiary/aromatic N) is 2. The van der Waals surface area contributed by atoms with Gasteiger partial charge in [-0.1, -0.05) is 67.6 Å². The molecule has 3 aromatic rings. The van der Waals surface area contributed by atoms with E-state index in [1.54, 1.807) is 32.9 Å². The fraction of sp³-hybridized carbons (Fsp3) is 0.486. The lowest BCUT2D eigenvalue weighted by atomic mass is 9.82. The molecule has 0 bridgehead atoms. The van der Waals surface area contributed by atoms with E-state index >= 15 is 0 Å². The molecule has 1 amide bonds. The summed E-state index contributed by atoms with van der Waals surface area (Å²) < 4.78 is 11.9. The molecule has 2 fully saturated rings. The van der Waals surface area contributed by atoms with Crippen LogP contribution < -0.4 is 4.90 Å². The number of carbonyl (C=O) groups is 3. The molecule has 1 aromatic heterocycles. The predicted molar refractivity (Wildman–Crippen MR) is 179 cm³/mol. The topological polar surface area (TPSA) is 76.1 Å². The van der Waals surface area contributed by atoms with Gasteiger partial charge in [0.25, 0.3) is 6.29 Å². The number of carbonyl (C=O) groups excluding carboxylic acids is 3. The van der Waals surface area contributed by atoms with Crippen molar-refractivity contribution in [2.45, 2.75) is 78.6 Å². The summed E-state index contributed by atoms with van der Waals surface area (Å²) in [4.78, 5) is 47.2. The van der Waals surface area contributed by atoms with E-state index in [4.69, 9.17) is 9.47 Å². The van der Waals surface area contributed by atoms with Gasteiger partial charge in [-0.05, 0) is 97.0 Å². The van der Waals surface area contributed by atoms with Gasteiger partial charge < -0.3 is 19.3 Å². The molecule has 2 heterocycles. The summed E-state index contributed by atoms with van der Waals surface area (Å²) in [5.74, 6) is -0.449. The van der Waals surface area contributed by atoms with Crippen LogP contribution in [0.1, 0.15) is 87.7 Å². The van der Waals surface area contributed by atoms with E-state index in [0.717, 1.165) is 62.1 Å². The van der Waals surface area contributed by atoms with E-state index in [-0.39, 0.29) is 17.9 Å². The molecule has 2 aliphatic rings. The van der Waals surface area contributed by atoms with Gasteiger partial charge in [0.15, 0.2) is 0 Å². The lowest BCUT2D eigenvalue weighted by Gasteiger charge is -2.40. The predicted octanol–water partition coefficient (Wildman–Crippen LogP) is 8.11. The Morgan fingerprint density at radius 1 is 0.867 bits per heavy atom. The Labute approximate surface area is 271 Å². The van der Waals surface area contributed by atoms with Gasteiger partial charge in [-0.2, -0.15) is 0 Å². The quantitative estimate of drug-likeness (QED) is 0.185. The van der Waals surface area contributed by atoms with Gasteiger partial charge in [0.1, 0.15) is 4.88 Å². The zero-order chi connectivity index (χ0) is 32.1. The van der Waals surface area contributed by atoms with Crippen LogP contribution in [0.5, 0.6) is 0 Å². The number of benzene rings is 2. The second-order valence-electron chi connectivity index (χ2n) is 13.7. The Balaban J connectivity index is 1.56. The van der Waals surface area contributed by atoms with Gasteiger partial charge in [0.05, 0.1) is 11.1 Å². The number of ether oxygens (including phenoxy) is 2. The van der Waals surface area contributed by atoms with Crippen LogP contribution in [-0.4, -0.2) is 48.9 Å². The van der Waals surface area contributed by atoms with Crippen molar-refractivity contribution in [1.29, 1.82) is 0 Å². The van der Waals surface area contributed by atoms with Gasteiger partial charge in [-0.15, -0.1) is 11.3 Å². The number of rotatable bonds is 8. The minimum atomic E-state index is -1.23. The van der Waals surface area contributed by atoms with Crippen molar-refractivity contribution in [3.63, 3.8) is 0 Å². The van der Waals surface area contributed by atoms with Gasteiger partial charge >= 0.3 is 11.9 Å². The normalized spacial score (nSPS) is 20.3. The third-order valence-electron chi connectivity index (χ3n) is 8.98. The first kappa shape index (κ1) is 32.9. The molecule has 1 atom stereocenters. The Bertz CT molecular complexity index is 1450. The number of amides is 1. The monoisotopic (exact) mass is 630 g/mol. The van der Waals surface area contributed by atoms with E-state index in [0.29, 0.717) is 22.0 Å². The summed E-state index contributed by atoms with van der Waals surface area (Å²) in [5.41, 5.74) is 1.33. The molecule has 1 aliphatic heterocycles. The van der Waals surface area contributed by atoms with Crippen molar-refractivity contribution in [2.24, 2.45) is 17.3 Å². The molecule has 5 rings (SSSR count). The van der Waals surface area contributed by atoms with Crippen molar-refractivity contribution >= 4 is 34.9 Å². The number of likely N-dealkylation sites (tertiary alicyclic amines) is 1. The first-order valence-electron chi connectivity index (χ1n) is 16.2. The first-order valence-corrected chi connectivity index (χ1v) is 17.0. The van der Waals surface area contributed by atoms with Gasteiger partial charge in [0, 0.05) is 22.4 Å². The average molecular weight is 631 g/mol. The summed E-state index contributed by atoms with van der Waals surface area (Å²) in [7, 11) is 2.11. The summed E-state index contributed by atoms with van der Waals surface area (Å²) in [6.45, 7) is 9.30. The number of esters is 2. The van der Waals surface area contributed by atoms with Crippen molar-refractivity contribution in [1.82, 2.24) is 4.90 Å². The van der Waals surface area contributed by atoms with Gasteiger partial charge in [-0.25, -0.2) is 4.79 Å². The van der Waals surface area contributed by atoms with E-state index in [2.05, 4.69) is 18.9 Å². The van der Waals surface area contributed by atoms with Gasteiger partial charge in [-0.3, -0.25) is 9.59 Å². The second kappa shape index (κ2) is 14.3. The highest BCUT2D eigenvalue weighted by atomic mass is 32.1. The number of anilines is 1. The maximum atomic E-state index is 14.5. The molecule has 8 heteroatoms. The molecule has 45 heavy (non-hydrogen) atoms. The zero-order valence-electron chi connectivity index (χ0n) is 27.2. The molecule has 1 saturated heterocycles. The third kappa shape index (κ3) is 8.03. The zero-order valence-corrected chi connectivity index (χ0v) is 28.0. The van der Waals surface area contributed by atoms with Crippen LogP contribution in [0.3, 0.4) is 0 Å². The summed E-state index contributed by atoms with van der Waals surface area (Å²) in [6, 6.07) is 20.9. The van der Waals surface area contributed by atoms with Crippen LogP contribution >= 0.6 is 11.3 Å². The highest BCUT2D eigenvalue weighted by Crippen LogP contribution is 2.42. The Hall–Kier alpha value is -3.49. The van der Waals surface area contributed by atoms with Crippen LogP contribution in [-0.2, 0) is 19.1 Å². The van der Waals surface area contributed by atoms with Crippen molar-refractivity contribution in [2.75, 3.05) is 25.0 Å². The molecule has 1 unspecified atom stereocenters. The maximum Gasteiger partial charge on any atom is 0.353 e. The first-order chi connectivity index (χ1) is 21.5. The largest absolute Gasteiger partial charge is 0.420 e. The van der Waals surface area contributed by atoms with Crippen LogP contribution in [0, 0.1) is 17.3 Å². The molecule has 7 nitrogen and oxygen atoms in total.